The Labute approximate surface area is 118 Å². The normalized spacial score (nSPS) is 20.3. The van der Waals surface area contributed by atoms with E-state index in [0.717, 1.165) is 10.9 Å². The zero-order valence-electron chi connectivity index (χ0n) is 12.2. The van der Waals surface area contributed by atoms with E-state index in [2.05, 4.69) is 15.2 Å². The minimum atomic E-state index is -0.515. The van der Waals surface area contributed by atoms with Crippen molar-refractivity contribution in [3.8, 4) is 0 Å². The molecule has 0 radical (unpaired) electrons. The maximum Gasteiger partial charge on any atom is 0.592 e. The van der Waals surface area contributed by atoms with E-state index in [1.54, 1.807) is 0 Å². The lowest BCUT2D eigenvalue weighted by molar-refractivity contribution is 0.00578. The van der Waals surface area contributed by atoms with Crippen molar-refractivity contribution in [3.63, 3.8) is 0 Å². The van der Waals surface area contributed by atoms with Crippen LogP contribution in [0.15, 0.2) is 30.6 Å². The number of rotatable bonds is 2. The summed E-state index contributed by atoms with van der Waals surface area (Å²) in [6.07, 6.45) is 1.54. The SMILES string of the molecule is CC1(C)OB(Nc2ncnc3ccccc23)OC1(C)C. The molecule has 2 aromatic rings. The van der Waals surface area contributed by atoms with Crippen LogP contribution in [0.1, 0.15) is 27.7 Å². The Kier molecular flexibility index (Phi) is 2.95. The molecule has 1 fully saturated rings. The van der Waals surface area contributed by atoms with Gasteiger partial charge in [0, 0.05) is 5.39 Å². The molecule has 1 N–H and O–H groups in total. The quantitative estimate of drug-likeness (QED) is 0.851. The largest absolute Gasteiger partial charge is 0.592 e. The average Bonchev–Trinajstić information content (AvgIpc) is 2.58. The molecule has 2 heterocycles. The molecule has 0 aliphatic carbocycles. The van der Waals surface area contributed by atoms with E-state index < -0.39 is 7.25 Å². The van der Waals surface area contributed by atoms with E-state index in [0.29, 0.717) is 5.82 Å². The highest BCUT2D eigenvalue weighted by molar-refractivity contribution is 6.50. The fourth-order valence-corrected chi connectivity index (χ4v) is 2.13. The van der Waals surface area contributed by atoms with Crippen molar-refractivity contribution in [1.82, 2.24) is 9.97 Å². The molecule has 1 aliphatic heterocycles. The number of aromatic nitrogens is 2. The van der Waals surface area contributed by atoms with E-state index in [4.69, 9.17) is 9.31 Å². The van der Waals surface area contributed by atoms with E-state index in [1.807, 2.05) is 52.0 Å². The van der Waals surface area contributed by atoms with Crippen LogP contribution >= 0.6 is 0 Å². The molecule has 104 valence electrons. The van der Waals surface area contributed by atoms with Crippen LogP contribution in [0.25, 0.3) is 10.9 Å². The van der Waals surface area contributed by atoms with Crippen LogP contribution in [-0.4, -0.2) is 28.4 Å². The molecule has 20 heavy (non-hydrogen) atoms. The first kappa shape index (κ1) is 13.3. The van der Waals surface area contributed by atoms with Crippen LogP contribution in [0.4, 0.5) is 5.82 Å². The van der Waals surface area contributed by atoms with Crippen LogP contribution in [0.2, 0.25) is 0 Å². The van der Waals surface area contributed by atoms with Crippen LogP contribution in [0, 0.1) is 0 Å². The Morgan fingerprint density at radius 3 is 2.35 bits per heavy atom. The molecule has 0 atom stereocenters. The molecular weight excluding hydrogens is 253 g/mol. The summed E-state index contributed by atoms with van der Waals surface area (Å²) in [7, 11) is -0.515. The van der Waals surface area contributed by atoms with Gasteiger partial charge in [-0.2, -0.15) is 0 Å². The van der Waals surface area contributed by atoms with Crippen molar-refractivity contribution in [2.45, 2.75) is 38.9 Å². The van der Waals surface area contributed by atoms with Gasteiger partial charge >= 0.3 is 7.25 Å². The highest BCUT2D eigenvalue weighted by Gasteiger charge is 2.52. The molecule has 6 heteroatoms. The maximum absolute atomic E-state index is 5.92. The highest BCUT2D eigenvalue weighted by atomic mass is 16.7. The summed E-state index contributed by atoms with van der Waals surface area (Å²) in [6, 6.07) is 7.84. The predicted molar refractivity (Wildman–Crippen MR) is 79.2 cm³/mol. The number of anilines is 1. The number of benzene rings is 1. The fraction of sp³-hybridized carbons (Fsp3) is 0.429. The summed E-state index contributed by atoms with van der Waals surface area (Å²) in [5.74, 6) is 0.717. The van der Waals surface area contributed by atoms with Gasteiger partial charge in [-0.05, 0) is 39.8 Å². The molecule has 0 amide bonds. The smallest absolute Gasteiger partial charge is 0.384 e. The highest BCUT2D eigenvalue weighted by Crippen LogP contribution is 2.37. The van der Waals surface area contributed by atoms with Gasteiger partial charge in [0.1, 0.15) is 12.1 Å². The molecule has 0 unspecified atom stereocenters. The number of nitrogens with zero attached hydrogens (tertiary/aromatic N) is 2. The minimum absolute atomic E-state index is 0.368. The van der Waals surface area contributed by atoms with Gasteiger partial charge in [0.05, 0.1) is 16.7 Å². The predicted octanol–water partition coefficient (Wildman–Crippen LogP) is 2.63. The molecule has 5 nitrogen and oxygen atoms in total. The van der Waals surface area contributed by atoms with Gasteiger partial charge in [-0.25, -0.2) is 9.97 Å². The van der Waals surface area contributed by atoms with Crippen LogP contribution < -0.4 is 5.23 Å². The second-order valence-electron chi connectivity index (χ2n) is 5.97. The number of nitrogens with one attached hydrogen (secondary N) is 1. The van der Waals surface area contributed by atoms with Crippen molar-refractivity contribution in [2.75, 3.05) is 5.23 Å². The first-order chi connectivity index (χ1) is 9.39. The second kappa shape index (κ2) is 4.43. The Morgan fingerprint density at radius 2 is 1.65 bits per heavy atom. The van der Waals surface area contributed by atoms with Gasteiger partial charge in [0.2, 0.25) is 0 Å². The lowest BCUT2D eigenvalue weighted by Gasteiger charge is -2.32. The molecule has 0 bridgehead atoms. The van der Waals surface area contributed by atoms with Crippen LogP contribution in [0.3, 0.4) is 0 Å². The van der Waals surface area contributed by atoms with E-state index in [-0.39, 0.29) is 11.2 Å². The summed E-state index contributed by atoms with van der Waals surface area (Å²) in [4.78, 5) is 8.52. The number of fused-ring (bicyclic) bond motifs is 1. The topological polar surface area (TPSA) is 56.3 Å². The first-order valence-electron chi connectivity index (χ1n) is 6.71. The maximum atomic E-state index is 5.92. The first-order valence-corrected chi connectivity index (χ1v) is 6.71. The van der Waals surface area contributed by atoms with Gasteiger partial charge in [-0.1, -0.05) is 12.1 Å². The molecule has 3 rings (SSSR count). The Hall–Kier alpha value is -1.66. The summed E-state index contributed by atoms with van der Waals surface area (Å²) in [5.41, 5.74) is 0.155. The Bertz CT molecular complexity index is 624. The zero-order valence-corrected chi connectivity index (χ0v) is 12.2. The van der Waals surface area contributed by atoms with Crippen molar-refractivity contribution in [1.29, 1.82) is 0 Å². The summed E-state index contributed by atoms with van der Waals surface area (Å²) in [6.45, 7) is 8.08. The third-order valence-electron chi connectivity index (χ3n) is 4.05. The third kappa shape index (κ3) is 2.15. The van der Waals surface area contributed by atoms with Gasteiger partial charge < -0.3 is 14.5 Å². The Morgan fingerprint density at radius 1 is 1.00 bits per heavy atom. The lowest BCUT2D eigenvalue weighted by atomic mass is 9.90. The van der Waals surface area contributed by atoms with Gasteiger partial charge in [-0.3, -0.25) is 0 Å². The van der Waals surface area contributed by atoms with E-state index >= 15 is 0 Å². The van der Waals surface area contributed by atoms with Crippen molar-refractivity contribution < 1.29 is 9.31 Å². The lowest BCUT2D eigenvalue weighted by Crippen LogP contribution is -2.41. The summed E-state index contributed by atoms with van der Waals surface area (Å²) >= 11 is 0. The van der Waals surface area contributed by atoms with Crippen LogP contribution in [-0.2, 0) is 9.31 Å². The van der Waals surface area contributed by atoms with Crippen molar-refractivity contribution in [2.24, 2.45) is 0 Å². The molecule has 0 saturated carbocycles. The molecule has 1 aromatic heterocycles. The zero-order chi connectivity index (χ0) is 14.4. The molecule has 1 aromatic carbocycles. The van der Waals surface area contributed by atoms with Crippen molar-refractivity contribution in [3.05, 3.63) is 30.6 Å². The van der Waals surface area contributed by atoms with Gasteiger partial charge in [-0.15, -0.1) is 0 Å². The third-order valence-corrected chi connectivity index (χ3v) is 4.05. The molecule has 1 aliphatic rings. The molecule has 1 saturated heterocycles. The number of hydrogen-bond donors (Lipinski definition) is 1. The standard InChI is InChI=1S/C14H18BN3O2/c1-13(2)14(3,4)20-15(19-13)18-12-10-7-5-6-8-11(10)16-9-17-12/h5-9H,1-4H3,(H,16,17,18). The number of para-hydroxylation sites is 1. The monoisotopic (exact) mass is 271 g/mol. The van der Waals surface area contributed by atoms with E-state index in [9.17, 15) is 0 Å². The van der Waals surface area contributed by atoms with E-state index in [1.165, 1.54) is 6.33 Å². The van der Waals surface area contributed by atoms with Crippen molar-refractivity contribution >= 4 is 24.0 Å². The summed E-state index contributed by atoms with van der Waals surface area (Å²) < 4.78 is 11.8. The number of hydrogen-bond acceptors (Lipinski definition) is 5. The minimum Gasteiger partial charge on any atom is -0.384 e. The molecular formula is C14H18BN3O2. The van der Waals surface area contributed by atoms with Gasteiger partial charge in [0.25, 0.3) is 0 Å². The molecule has 0 spiro atoms. The fourth-order valence-electron chi connectivity index (χ4n) is 2.13. The van der Waals surface area contributed by atoms with Gasteiger partial charge in [0.15, 0.2) is 0 Å². The summed E-state index contributed by atoms with van der Waals surface area (Å²) in [5, 5.41) is 4.15. The Balaban J connectivity index is 1.88. The average molecular weight is 271 g/mol. The second-order valence-corrected chi connectivity index (χ2v) is 5.97. The van der Waals surface area contributed by atoms with Crippen LogP contribution in [0.5, 0.6) is 0 Å².